The standard InChI is InChI=1S/C21H23BrN2O5/c1-15(29-20(25)14-28-19-8-2-16(22)3-9-19)21(26)23-17-4-6-18(7-5-17)24-10-12-27-13-11-24/h2-9,15H,10-14H2,1H3,(H,23,26). The van der Waals surface area contributed by atoms with Crippen molar-refractivity contribution in [3.05, 3.63) is 53.0 Å². The van der Waals surface area contributed by atoms with Crippen LogP contribution in [0.25, 0.3) is 0 Å². The number of ether oxygens (including phenoxy) is 3. The second-order valence-corrected chi connectivity index (χ2v) is 7.43. The molecule has 7 nitrogen and oxygen atoms in total. The first-order valence-electron chi connectivity index (χ1n) is 9.33. The number of nitrogens with zero attached hydrogens (tertiary/aromatic N) is 1. The van der Waals surface area contributed by atoms with E-state index in [0.717, 1.165) is 23.2 Å². The van der Waals surface area contributed by atoms with Gasteiger partial charge in [-0.05, 0) is 55.5 Å². The van der Waals surface area contributed by atoms with Gasteiger partial charge in [0.2, 0.25) is 0 Å². The van der Waals surface area contributed by atoms with Crippen molar-refractivity contribution < 1.29 is 23.8 Å². The average Bonchev–Trinajstić information content (AvgIpc) is 2.74. The van der Waals surface area contributed by atoms with Crippen LogP contribution in [0.5, 0.6) is 5.75 Å². The highest BCUT2D eigenvalue weighted by molar-refractivity contribution is 9.10. The Kier molecular flexibility index (Phi) is 7.48. The van der Waals surface area contributed by atoms with Crippen LogP contribution in [0, 0.1) is 0 Å². The second-order valence-electron chi connectivity index (χ2n) is 6.51. The lowest BCUT2D eigenvalue weighted by molar-refractivity contribution is -0.155. The molecule has 0 radical (unpaired) electrons. The smallest absolute Gasteiger partial charge is 0.344 e. The number of nitrogens with one attached hydrogen (secondary N) is 1. The van der Waals surface area contributed by atoms with Gasteiger partial charge in [-0.25, -0.2) is 4.79 Å². The molecule has 3 rings (SSSR count). The molecule has 0 bridgehead atoms. The first-order valence-corrected chi connectivity index (χ1v) is 10.1. The van der Waals surface area contributed by atoms with Gasteiger partial charge in [-0.15, -0.1) is 0 Å². The molecule has 1 fully saturated rings. The molecule has 0 spiro atoms. The summed E-state index contributed by atoms with van der Waals surface area (Å²) in [5.41, 5.74) is 1.72. The molecule has 8 heteroatoms. The summed E-state index contributed by atoms with van der Waals surface area (Å²) >= 11 is 3.33. The molecule has 1 amide bonds. The fraction of sp³-hybridized carbons (Fsp3) is 0.333. The van der Waals surface area contributed by atoms with Crippen molar-refractivity contribution in [1.82, 2.24) is 0 Å². The number of carbonyl (C=O) groups excluding carboxylic acids is 2. The summed E-state index contributed by atoms with van der Waals surface area (Å²) < 4.78 is 16.8. The van der Waals surface area contributed by atoms with Gasteiger partial charge in [0, 0.05) is 28.9 Å². The molecule has 1 heterocycles. The van der Waals surface area contributed by atoms with Crippen LogP contribution in [0.3, 0.4) is 0 Å². The molecule has 1 unspecified atom stereocenters. The summed E-state index contributed by atoms with van der Waals surface area (Å²) in [7, 11) is 0. The van der Waals surface area contributed by atoms with Crippen LogP contribution < -0.4 is 15.0 Å². The highest BCUT2D eigenvalue weighted by atomic mass is 79.9. The van der Waals surface area contributed by atoms with E-state index < -0.39 is 18.0 Å². The van der Waals surface area contributed by atoms with E-state index in [0.29, 0.717) is 24.7 Å². The molecule has 0 aliphatic carbocycles. The van der Waals surface area contributed by atoms with Gasteiger partial charge < -0.3 is 24.4 Å². The summed E-state index contributed by atoms with van der Waals surface area (Å²) in [5, 5.41) is 2.75. The molecule has 0 saturated carbocycles. The van der Waals surface area contributed by atoms with E-state index in [1.54, 1.807) is 24.3 Å². The monoisotopic (exact) mass is 462 g/mol. The van der Waals surface area contributed by atoms with Crippen LogP contribution in [0.2, 0.25) is 0 Å². The lowest BCUT2D eigenvalue weighted by Crippen LogP contribution is -2.36. The predicted molar refractivity (Wildman–Crippen MR) is 113 cm³/mol. The Morgan fingerprint density at radius 2 is 1.76 bits per heavy atom. The third kappa shape index (κ3) is 6.47. The van der Waals surface area contributed by atoms with Crippen LogP contribution >= 0.6 is 15.9 Å². The zero-order chi connectivity index (χ0) is 20.6. The third-order valence-corrected chi connectivity index (χ3v) is 4.89. The Bertz CT molecular complexity index is 820. The van der Waals surface area contributed by atoms with E-state index in [9.17, 15) is 9.59 Å². The molecule has 1 aliphatic rings. The van der Waals surface area contributed by atoms with Crippen molar-refractivity contribution in [3.8, 4) is 5.75 Å². The summed E-state index contributed by atoms with van der Waals surface area (Å²) in [6.07, 6.45) is -0.935. The fourth-order valence-electron chi connectivity index (χ4n) is 2.78. The maximum Gasteiger partial charge on any atom is 0.344 e. The lowest BCUT2D eigenvalue weighted by atomic mass is 10.2. The molecule has 2 aromatic rings. The van der Waals surface area contributed by atoms with Gasteiger partial charge in [-0.1, -0.05) is 15.9 Å². The van der Waals surface area contributed by atoms with Gasteiger partial charge in [0.05, 0.1) is 13.2 Å². The topological polar surface area (TPSA) is 77.1 Å². The number of carbonyl (C=O) groups is 2. The minimum atomic E-state index is -0.935. The van der Waals surface area contributed by atoms with Crippen LogP contribution in [-0.2, 0) is 19.1 Å². The molecule has 154 valence electrons. The molecule has 1 aliphatic heterocycles. The van der Waals surface area contributed by atoms with E-state index >= 15 is 0 Å². The SMILES string of the molecule is CC(OC(=O)COc1ccc(Br)cc1)C(=O)Nc1ccc(N2CCOCC2)cc1. The van der Waals surface area contributed by atoms with Crippen molar-refractivity contribution in [2.75, 3.05) is 43.1 Å². The first-order chi connectivity index (χ1) is 14.0. The van der Waals surface area contributed by atoms with Gasteiger partial charge in [-0.3, -0.25) is 4.79 Å². The minimum Gasteiger partial charge on any atom is -0.482 e. The number of esters is 1. The number of benzene rings is 2. The Morgan fingerprint density at radius 3 is 2.41 bits per heavy atom. The van der Waals surface area contributed by atoms with Crippen LogP contribution in [0.15, 0.2) is 53.0 Å². The number of anilines is 2. The van der Waals surface area contributed by atoms with E-state index in [4.69, 9.17) is 14.2 Å². The second kappa shape index (κ2) is 10.3. The number of amides is 1. The number of morpholine rings is 1. The predicted octanol–water partition coefficient (Wildman–Crippen LogP) is 3.23. The molecule has 2 aromatic carbocycles. The zero-order valence-corrected chi connectivity index (χ0v) is 17.7. The summed E-state index contributed by atoms with van der Waals surface area (Å²) in [5.74, 6) is -0.470. The third-order valence-electron chi connectivity index (χ3n) is 4.36. The first kappa shape index (κ1) is 21.1. The van der Waals surface area contributed by atoms with Gasteiger partial charge >= 0.3 is 5.97 Å². The number of hydrogen-bond donors (Lipinski definition) is 1. The van der Waals surface area contributed by atoms with Crippen molar-refractivity contribution in [2.24, 2.45) is 0 Å². The minimum absolute atomic E-state index is 0.270. The molecular weight excluding hydrogens is 440 g/mol. The fourth-order valence-corrected chi connectivity index (χ4v) is 3.04. The van der Waals surface area contributed by atoms with Crippen molar-refractivity contribution in [3.63, 3.8) is 0 Å². The van der Waals surface area contributed by atoms with Crippen molar-refractivity contribution >= 4 is 39.2 Å². The van der Waals surface area contributed by atoms with Crippen LogP contribution in [0.4, 0.5) is 11.4 Å². The Balaban J connectivity index is 1.44. The van der Waals surface area contributed by atoms with Crippen LogP contribution in [-0.4, -0.2) is 50.9 Å². The molecular formula is C21H23BrN2O5. The Morgan fingerprint density at radius 1 is 1.10 bits per heavy atom. The van der Waals surface area contributed by atoms with Gasteiger partial charge in [0.15, 0.2) is 12.7 Å². The molecule has 1 N–H and O–H groups in total. The summed E-state index contributed by atoms with van der Waals surface area (Å²) in [6, 6.07) is 14.6. The Labute approximate surface area is 178 Å². The lowest BCUT2D eigenvalue weighted by Gasteiger charge is -2.28. The van der Waals surface area contributed by atoms with Gasteiger partial charge in [0.1, 0.15) is 5.75 Å². The average molecular weight is 463 g/mol. The summed E-state index contributed by atoms with van der Waals surface area (Å²) in [4.78, 5) is 26.4. The number of hydrogen-bond acceptors (Lipinski definition) is 6. The number of halogens is 1. The van der Waals surface area contributed by atoms with E-state index in [1.807, 2.05) is 24.3 Å². The summed E-state index contributed by atoms with van der Waals surface area (Å²) in [6.45, 7) is 4.38. The van der Waals surface area contributed by atoms with Crippen LogP contribution in [0.1, 0.15) is 6.92 Å². The molecule has 1 saturated heterocycles. The highest BCUT2D eigenvalue weighted by Crippen LogP contribution is 2.19. The highest BCUT2D eigenvalue weighted by Gasteiger charge is 2.19. The number of rotatable bonds is 7. The maximum atomic E-state index is 12.3. The van der Waals surface area contributed by atoms with E-state index in [2.05, 4.69) is 26.1 Å². The zero-order valence-electron chi connectivity index (χ0n) is 16.1. The quantitative estimate of drug-likeness (QED) is 0.636. The molecule has 1 atom stereocenters. The van der Waals surface area contributed by atoms with Gasteiger partial charge in [-0.2, -0.15) is 0 Å². The largest absolute Gasteiger partial charge is 0.482 e. The normalized spacial score (nSPS) is 14.8. The van der Waals surface area contributed by atoms with Gasteiger partial charge in [0.25, 0.3) is 5.91 Å². The molecule has 29 heavy (non-hydrogen) atoms. The maximum absolute atomic E-state index is 12.3. The molecule has 0 aromatic heterocycles. The van der Waals surface area contributed by atoms with E-state index in [1.165, 1.54) is 6.92 Å². The van der Waals surface area contributed by atoms with E-state index in [-0.39, 0.29) is 6.61 Å². The van der Waals surface area contributed by atoms with Crippen molar-refractivity contribution in [2.45, 2.75) is 13.0 Å². The Hall–Kier alpha value is -2.58. The van der Waals surface area contributed by atoms with Crippen molar-refractivity contribution in [1.29, 1.82) is 0 Å².